The lowest BCUT2D eigenvalue weighted by Crippen LogP contribution is -2.01. The van der Waals surface area contributed by atoms with E-state index < -0.39 is 0 Å². The molecule has 3 aromatic carbocycles. The third-order valence-electron chi connectivity index (χ3n) is 4.13. The fourth-order valence-corrected chi connectivity index (χ4v) is 2.85. The summed E-state index contributed by atoms with van der Waals surface area (Å²) in [6, 6.07) is 32.0. The van der Waals surface area contributed by atoms with Gasteiger partial charge in [0.15, 0.2) is 0 Å². The first-order valence-corrected chi connectivity index (χ1v) is 7.82. The zero-order valence-electron chi connectivity index (χ0n) is 13.1. The molecule has 3 aromatic rings. The molecule has 2 heteroatoms. The number of benzene rings is 3. The SMILES string of the molecule is N#CC(c1ccccc1)c1ccc(C(C#N)c2ccccc2)cc1. The Kier molecular flexibility index (Phi) is 4.70. The zero-order chi connectivity index (χ0) is 16.8. The summed E-state index contributed by atoms with van der Waals surface area (Å²) in [5.41, 5.74) is 3.84. The van der Waals surface area contributed by atoms with E-state index in [0.29, 0.717) is 0 Å². The van der Waals surface area contributed by atoms with Gasteiger partial charge < -0.3 is 0 Å². The van der Waals surface area contributed by atoms with E-state index in [2.05, 4.69) is 12.1 Å². The molecule has 0 bridgehead atoms. The lowest BCUT2D eigenvalue weighted by molar-refractivity contribution is 1.01. The van der Waals surface area contributed by atoms with Crippen molar-refractivity contribution in [2.24, 2.45) is 0 Å². The first kappa shape index (κ1) is 15.5. The molecule has 0 fully saturated rings. The van der Waals surface area contributed by atoms with E-state index in [4.69, 9.17) is 0 Å². The second kappa shape index (κ2) is 7.27. The van der Waals surface area contributed by atoms with E-state index >= 15 is 0 Å². The predicted molar refractivity (Wildman–Crippen MR) is 94.2 cm³/mol. The smallest absolute Gasteiger partial charge is 0.0962 e. The summed E-state index contributed by atoms with van der Waals surface area (Å²) in [4.78, 5) is 0. The summed E-state index contributed by atoms with van der Waals surface area (Å²) in [6.45, 7) is 0. The first-order chi connectivity index (χ1) is 11.8. The zero-order valence-corrected chi connectivity index (χ0v) is 13.1. The van der Waals surface area contributed by atoms with Crippen molar-refractivity contribution >= 4 is 0 Å². The summed E-state index contributed by atoms with van der Waals surface area (Å²) in [6.07, 6.45) is 0. The highest BCUT2D eigenvalue weighted by Crippen LogP contribution is 2.28. The molecule has 0 saturated heterocycles. The Hall–Kier alpha value is -3.36. The van der Waals surface area contributed by atoms with Crippen LogP contribution < -0.4 is 0 Å². The second-order valence-corrected chi connectivity index (χ2v) is 5.61. The maximum absolute atomic E-state index is 9.53. The lowest BCUT2D eigenvalue weighted by Gasteiger charge is -2.13. The van der Waals surface area contributed by atoms with Crippen LogP contribution in [0, 0.1) is 22.7 Å². The molecule has 0 amide bonds. The Bertz CT molecular complexity index is 793. The standard InChI is InChI=1S/C22H16N2/c23-15-21(17-7-3-1-4-8-17)19-11-13-20(14-12-19)22(16-24)18-9-5-2-6-10-18/h1-14,21-22H. The third kappa shape index (κ3) is 3.19. The molecule has 3 rings (SSSR count). The molecule has 0 aliphatic carbocycles. The second-order valence-electron chi connectivity index (χ2n) is 5.61. The molecular formula is C22H16N2. The maximum atomic E-state index is 9.53. The average Bonchev–Trinajstić information content (AvgIpc) is 2.66. The van der Waals surface area contributed by atoms with E-state index in [0.717, 1.165) is 22.3 Å². The Morgan fingerprint density at radius 1 is 0.458 bits per heavy atom. The quantitative estimate of drug-likeness (QED) is 0.681. The van der Waals surface area contributed by atoms with Gasteiger partial charge in [-0.1, -0.05) is 84.9 Å². The Labute approximate surface area is 142 Å². The van der Waals surface area contributed by atoms with Crippen LogP contribution in [0.1, 0.15) is 34.1 Å². The topological polar surface area (TPSA) is 47.6 Å². The van der Waals surface area contributed by atoms with Crippen LogP contribution in [-0.4, -0.2) is 0 Å². The predicted octanol–water partition coefficient (Wildman–Crippen LogP) is 5.00. The van der Waals surface area contributed by atoms with Gasteiger partial charge in [-0.2, -0.15) is 10.5 Å². The van der Waals surface area contributed by atoms with Gasteiger partial charge in [-0.15, -0.1) is 0 Å². The Morgan fingerprint density at radius 2 is 0.750 bits per heavy atom. The Balaban J connectivity index is 1.91. The molecule has 2 nitrogen and oxygen atoms in total. The normalized spacial score (nSPS) is 12.6. The fraction of sp³-hybridized carbons (Fsp3) is 0.0909. The number of hydrogen-bond donors (Lipinski definition) is 0. The van der Waals surface area contributed by atoms with Gasteiger partial charge in [0.25, 0.3) is 0 Å². The minimum atomic E-state index is -0.294. The summed E-state index contributed by atoms with van der Waals surface area (Å²) in [5, 5.41) is 19.1. The van der Waals surface area contributed by atoms with Crippen molar-refractivity contribution in [1.29, 1.82) is 10.5 Å². The summed E-state index contributed by atoms with van der Waals surface area (Å²) in [7, 11) is 0. The first-order valence-electron chi connectivity index (χ1n) is 7.82. The molecule has 0 heterocycles. The molecule has 0 radical (unpaired) electrons. The average molecular weight is 308 g/mol. The van der Waals surface area contributed by atoms with E-state index in [9.17, 15) is 10.5 Å². The van der Waals surface area contributed by atoms with Crippen LogP contribution in [0.4, 0.5) is 0 Å². The molecule has 0 aliphatic heterocycles. The highest BCUT2D eigenvalue weighted by Gasteiger charge is 2.16. The third-order valence-corrected chi connectivity index (χ3v) is 4.13. The van der Waals surface area contributed by atoms with Crippen molar-refractivity contribution in [2.45, 2.75) is 11.8 Å². The van der Waals surface area contributed by atoms with Crippen LogP contribution >= 0.6 is 0 Å². The molecular weight excluding hydrogens is 292 g/mol. The van der Waals surface area contributed by atoms with Gasteiger partial charge in [0.1, 0.15) is 0 Å². The molecule has 0 N–H and O–H groups in total. The fourth-order valence-electron chi connectivity index (χ4n) is 2.85. The van der Waals surface area contributed by atoms with Crippen LogP contribution in [0.5, 0.6) is 0 Å². The summed E-state index contributed by atoms with van der Waals surface area (Å²) < 4.78 is 0. The van der Waals surface area contributed by atoms with Gasteiger partial charge in [0.2, 0.25) is 0 Å². The van der Waals surface area contributed by atoms with Crippen molar-refractivity contribution in [3.63, 3.8) is 0 Å². The lowest BCUT2D eigenvalue weighted by atomic mass is 9.88. The van der Waals surface area contributed by atoms with E-state index in [1.165, 1.54) is 0 Å². The van der Waals surface area contributed by atoms with Crippen molar-refractivity contribution < 1.29 is 0 Å². The molecule has 2 atom stereocenters. The Morgan fingerprint density at radius 3 is 1.04 bits per heavy atom. The van der Waals surface area contributed by atoms with Crippen molar-refractivity contribution in [2.75, 3.05) is 0 Å². The number of rotatable bonds is 4. The molecule has 0 aliphatic rings. The van der Waals surface area contributed by atoms with Crippen LogP contribution in [0.15, 0.2) is 84.9 Å². The van der Waals surface area contributed by atoms with E-state index in [1.807, 2.05) is 84.9 Å². The van der Waals surface area contributed by atoms with Gasteiger partial charge in [0, 0.05) is 0 Å². The van der Waals surface area contributed by atoms with Gasteiger partial charge in [-0.25, -0.2) is 0 Å². The number of nitrogens with zero attached hydrogens (tertiary/aromatic N) is 2. The molecule has 0 spiro atoms. The number of nitriles is 2. The summed E-state index contributed by atoms with van der Waals surface area (Å²) >= 11 is 0. The monoisotopic (exact) mass is 308 g/mol. The van der Waals surface area contributed by atoms with Crippen molar-refractivity contribution in [3.8, 4) is 12.1 Å². The van der Waals surface area contributed by atoms with Crippen molar-refractivity contribution in [1.82, 2.24) is 0 Å². The minimum Gasteiger partial charge on any atom is -0.197 e. The molecule has 0 aromatic heterocycles. The van der Waals surface area contributed by atoms with Gasteiger partial charge >= 0.3 is 0 Å². The van der Waals surface area contributed by atoms with Crippen LogP contribution in [0.25, 0.3) is 0 Å². The summed E-state index contributed by atoms with van der Waals surface area (Å²) in [5.74, 6) is -0.588. The minimum absolute atomic E-state index is 0.294. The van der Waals surface area contributed by atoms with Crippen LogP contribution in [-0.2, 0) is 0 Å². The van der Waals surface area contributed by atoms with Crippen LogP contribution in [0.2, 0.25) is 0 Å². The molecule has 0 saturated carbocycles. The van der Waals surface area contributed by atoms with Crippen molar-refractivity contribution in [3.05, 3.63) is 107 Å². The molecule has 114 valence electrons. The number of hydrogen-bond acceptors (Lipinski definition) is 2. The van der Waals surface area contributed by atoms with Gasteiger partial charge in [-0.3, -0.25) is 0 Å². The van der Waals surface area contributed by atoms with Gasteiger partial charge in [-0.05, 0) is 22.3 Å². The largest absolute Gasteiger partial charge is 0.197 e. The molecule has 2 unspecified atom stereocenters. The highest BCUT2D eigenvalue weighted by atomic mass is 14.3. The van der Waals surface area contributed by atoms with Gasteiger partial charge in [0.05, 0.1) is 24.0 Å². The maximum Gasteiger partial charge on any atom is 0.0962 e. The highest BCUT2D eigenvalue weighted by molar-refractivity contribution is 5.43. The van der Waals surface area contributed by atoms with Crippen LogP contribution in [0.3, 0.4) is 0 Å². The van der Waals surface area contributed by atoms with E-state index in [1.54, 1.807) is 0 Å². The molecule has 24 heavy (non-hydrogen) atoms. The van der Waals surface area contributed by atoms with E-state index in [-0.39, 0.29) is 11.8 Å².